The third-order valence-electron chi connectivity index (χ3n) is 4.72. The Kier molecular flexibility index (Phi) is 6.31. The van der Waals surface area contributed by atoms with Crippen LogP contribution in [0.2, 0.25) is 0 Å². The van der Waals surface area contributed by atoms with E-state index >= 15 is 0 Å². The molecule has 0 aliphatic carbocycles. The molecule has 8 nitrogen and oxygen atoms in total. The SMILES string of the molecule is CCOC(=O)C1=C(C[NH+]2CCOCC2)NC(=O)N[C@H]1c1ccc(OC)cc1. The number of morpholine rings is 1. The van der Waals surface area contributed by atoms with Gasteiger partial charge in [-0.1, -0.05) is 12.1 Å². The summed E-state index contributed by atoms with van der Waals surface area (Å²) in [4.78, 5) is 26.3. The predicted octanol–water partition coefficient (Wildman–Crippen LogP) is -0.219. The van der Waals surface area contributed by atoms with Crippen LogP contribution in [0.15, 0.2) is 35.5 Å². The Bertz CT molecular complexity index is 711. The van der Waals surface area contributed by atoms with Gasteiger partial charge in [-0.05, 0) is 24.6 Å². The number of ether oxygens (including phenoxy) is 3. The number of hydrogen-bond acceptors (Lipinski definition) is 5. The Morgan fingerprint density at radius 2 is 1.96 bits per heavy atom. The molecule has 146 valence electrons. The number of methoxy groups -OCH3 is 1. The van der Waals surface area contributed by atoms with Gasteiger partial charge in [0.05, 0.1) is 44.2 Å². The molecule has 0 spiro atoms. The maximum absolute atomic E-state index is 12.7. The largest absolute Gasteiger partial charge is 0.497 e. The van der Waals surface area contributed by atoms with Crippen LogP contribution in [-0.2, 0) is 14.3 Å². The number of carbonyl (C=O) groups is 2. The Hall–Kier alpha value is -2.58. The van der Waals surface area contributed by atoms with Gasteiger partial charge in [-0.2, -0.15) is 0 Å². The lowest BCUT2D eigenvalue weighted by atomic mass is 9.95. The van der Waals surface area contributed by atoms with Crippen molar-refractivity contribution in [3.8, 4) is 5.75 Å². The number of quaternary nitrogens is 1. The molecule has 2 heterocycles. The van der Waals surface area contributed by atoms with E-state index in [0.29, 0.717) is 36.8 Å². The number of esters is 1. The molecule has 27 heavy (non-hydrogen) atoms. The Morgan fingerprint density at radius 3 is 2.59 bits per heavy atom. The van der Waals surface area contributed by atoms with Gasteiger partial charge in [0, 0.05) is 0 Å². The van der Waals surface area contributed by atoms with Crippen LogP contribution in [0.4, 0.5) is 4.79 Å². The molecule has 0 aromatic heterocycles. The van der Waals surface area contributed by atoms with Crippen LogP contribution in [0.25, 0.3) is 0 Å². The third-order valence-corrected chi connectivity index (χ3v) is 4.72. The van der Waals surface area contributed by atoms with Crippen LogP contribution in [0.3, 0.4) is 0 Å². The molecule has 0 bridgehead atoms. The Morgan fingerprint density at radius 1 is 1.26 bits per heavy atom. The van der Waals surface area contributed by atoms with Crippen molar-refractivity contribution in [2.24, 2.45) is 0 Å². The van der Waals surface area contributed by atoms with Gasteiger partial charge in [0.25, 0.3) is 0 Å². The van der Waals surface area contributed by atoms with Gasteiger partial charge in [-0.15, -0.1) is 0 Å². The van der Waals surface area contributed by atoms with E-state index in [1.807, 2.05) is 12.1 Å². The molecule has 2 aliphatic rings. The van der Waals surface area contributed by atoms with E-state index in [9.17, 15) is 9.59 Å². The molecule has 1 fully saturated rings. The number of amides is 2. The third kappa shape index (κ3) is 4.58. The number of benzene rings is 1. The highest BCUT2D eigenvalue weighted by Gasteiger charge is 2.35. The van der Waals surface area contributed by atoms with E-state index in [2.05, 4.69) is 10.6 Å². The second kappa shape index (κ2) is 8.88. The number of carbonyl (C=O) groups excluding carboxylic acids is 2. The smallest absolute Gasteiger partial charge is 0.338 e. The molecule has 3 N–H and O–H groups in total. The van der Waals surface area contributed by atoms with E-state index in [4.69, 9.17) is 14.2 Å². The van der Waals surface area contributed by atoms with Gasteiger partial charge in [-0.25, -0.2) is 9.59 Å². The molecule has 1 aromatic carbocycles. The number of hydrogen-bond donors (Lipinski definition) is 3. The average Bonchev–Trinajstić information content (AvgIpc) is 2.68. The summed E-state index contributed by atoms with van der Waals surface area (Å²) < 4.78 is 15.9. The molecule has 0 unspecified atom stereocenters. The zero-order valence-corrected chi connectivity index (χ0v) is 15.7. The first-order valence-electron chi connectivity index (χ1n) is 9.15. The van der Waals surface area contributed by atoms with Crippen molar-refractivity contribution in [2.75, 3.05) is 46.6 Å². The standard InChI is InChI=1S/C19H25N3O5/c1-3-27-18(23)16-15(12-22-8-10-26-11-9-22)20-19(24)21-17(16)13-4-6-14(25-2)7-5-13/h4-7,17H,3,8-12H2,1-2H3,(H2,20,21,24)/p+1/t17-/m0/s1. The van der Waals surface area contributed by atoms with E-state index in [-0.39, 0.29) is 12.6 Å². The number of urea groups is 1. The minimum Gasteiger partial charge on any atom is -0.497 e. The van der Waals surface area contributed by atoms with Crippen LogP contribution < -0.4 is 20.3 Å². The Balaban J connectivity index is 1.95. The maximum Gasteiger partial charge on any atom is 0.338 e. The van der Waals surface area contributed by atoms with Crippen molar-refractivity contribution < 1.29 is 28.7 Å². The summed E-state index contributed by atoms with van der Waals surface area (Å²) in [5.41, 5.74) is 1.85. The number of rotatable bonds is 6. The maximum atomic E-state index is 12.7. The van der Waals surface area contributed by atoms with Gasteiger partial charge in [0.15, 0.2) is 0 Å². The highest BCUT2D eigenvalue weighted by Crippen LogP contribution is 2.28. The zero-order chi connectivity index (χ0) is 19.2. The average molecular weight is 376 g/mol. The molecule has 8 heteroatoms. The van der Waals surface area contributed by atoms with E-state index in [1.54, 1.807) is 26.2 Å². The number of nitrogens with one attached hydrogen (secondary N) is 3. The van der Waals surface area contributed by atoms with E-state index in [1.165, 1.54) is 4.90 Å². The van der Waals surface area contributed by atoms with Crippen molar-refractivity contribution in [1.29, 1.82) is 0 Å². The van der Waals surface area contributed by atoms with Gasteiger partial charge >= 0.3 is 12.0 Å². The lowest BCUT2D eigenvalue weighted by Gasteiger charge is -2.31. The second-order valence-electron chi connectivity index (χ2n) is 6.46. The van der Waals surface area contributed by atoms with Gasteiger partial charge in [0.2, 0.25) is 0 Å². The minimum absolute atomic E-state index is 0.267. The zero-order valence-electron chi connectivity index (χ0n) is 15.7. The van der Waals surface area contributed by atoms with Crippen molar-refractivity contribution in [3.05, 3.63) is 41.1 Å². The molecule has 2 amide bonds. The highest BCUT2D eigenvalue weighted by molar-refractivity contribution is 5.95. The molecule has 2 aliphatic heterocycles. The normalized spacial score (nSPS) is 20.7. The molecule has 0 saturated carbocycles. The van der Waals surface area contributed by atoms with Crippen molar-refractivity contribution in [1.82, 2.24) is 10.6 Å². The lowest BCUT2D eigenvalue weighted by Crippen LogP contribution is -3.14. The fourth-order valence-electron chi connectivity index (χ4n) is 3.34. The molecule has 0 radical (unpaired) electrons. The molecule has 1 atom stereocenters. The molecule has 1 aromatic rings. The van der Waals surface area contributed by atoms with Gasteiger partial charge in [-0.3, -0.25) is 0 Å². The molecule has 3 rings (SSSR count). The summed E-state index contributed by atoms with van der Waals surface area (Å²) >= 11 is 0. The van der Waals surface area contributed by atoms with Gasteiger partial charge < -0.3 is 29.7 Å². The first-order chi connectivity index (χ1) is 13.1. The summed E-state index contributed by atoms with van der Waals surface area (Å²) in [5, 5.41) is 5.66. The predicted molar refractivity (Wildman–Crippen MR) is 97.4 cm³/mol. The van der Waals surface area contributed by atoms with Crippen LogP contribution in [0, 0.1) is 0 Å². The Labute approximate surface area is 158 Å². The lowest BCUT2D eigenvalue weighted by molar-refractivity contribution is -0.903. The summed E-state index contributed by atoms with van der Waals surface area (Å²) in [6.07, 6.45) is 0. The van der Waals surface area contributed by atoms with Crippen LogP contribution in [-0.4, -0.2) is 58.6 Å². The van der Waals surface area contributed by atoms with Gasteiger partial charge in [0.1, 0.15) is 25.4 Å². The summed E-state index contributed by atoms with van der Waals surface area (Å²) in [6.45, 7) is 5.58. The fourth-order valence-corrected chi connectivity index (χ4v) is 3.34. The van der Waals surface area contributed by atoms with Crippen LogP contribution >= 0.6 is 0 Å². The quantitative estimate of drug-likeness (QED) is 0.598. The summed E-state index contributed by atoms with van der Waals surface area (Å²) in [6, 6.07) is 6.39. The van der Waals surface area contributed by atoms with Crippen LogP contribution in [0.5, 0.6) is 5.75 Å². The van der Waals surface area contributed by atoms with E-state index in [0.717, 1.165) is 18.7 Å². The molecular formula is C19H26N3O5+. The second-order valence-corrected chi connectivity index (χ2v) is 6.46. The monoisotopic (exact) mass is 376 g/mol. The van der Waals surface area contributed by atoms with Crippen molar-refractivity contribution in [2.45, 2.75) is 13.0 Å². The molecule has 1 saturated heterocycles. The topological polar surface area (TPSA) is 90.3 Å². The summed E-state index contributed by atoms with van der Waals surface area (Å²) in [7, 11) is 1.59. The van der Waals surface area contributed by atoms with Crippen molar-refractivity contribution in [3.63, 3.8) is 0 Å². The summed E-state index contributed by atoms with van der Waals surface area (Å²) in [5.74, 6) is 0.284. The molecular weight excluding hydrogens is 350 g/mol. The fraction of sp³-hybridized carbons (Fsp3) is 0.474. The van der Waals surface area contributed by atoms with E-state index < -0.39 is 12.0 Å². The first-order valence-corrected chi connectivity index (χ1v) is 9.15. The van der Waals surface area contributed by atoms with Crippen molar-refractivity contribution >= 4 is 12.0 Å². The minimum atomic E-state index is -0.570. The highest BCUT2D eigenvalue weighted by atomic mass is 16.5. The van der Waals surface area contributed by atoms with Crippen LogP contribution in [0.1, 0.15) is 18.5 Å². The first kappa shape index (κ1) is 19.2.